The zero-order valence-corrected chi connectivity index (χ0v) is 12.4. The number of rotatable bonds is 5. The summed E-state index contributed by atoms with van der Waals surface area (Å²) in [5, 5.41) is 12.7. The lowest BCUT2D eigenvalue weighted by Gasteiger charge is -2.15. The van der Waals surface area contributed by atoms with E-state index >= 15 is 0 Å². The first kappa shape index (κ1) is 15.8. The Balaban J connectivity index is 2.06. The Bertz CT molecular complexity index is 724. The van der Waals surface area contributed by atoms with Gasteiger partial charge >= 0.3 is 0 Å². The Kier molecular flexibility index (Phi) is 4.95. The molecule has 0 bridgehead atoms. The second kappa shape index (κ2) is 6.91. The molecule has 116 valence electrons. The van der Waals surface area contributed by atoms with Gasteiger partial charge in [0.05, 0.1) is 13.2 Å². The molecule has 2 rings (SSSR count). The molecule has 6 nitrogen and oxygen atoms in total. The summed E-state index contributed by atoms with van der Waals surface area (Å²) < 4.78 is 5.16. The van der Waals surface area contributed by atoms with Crippen molar-refractivity contribution >= 4 is 5.91 Å². The van der Waals surface area contributed by atoms with Gasteiger partial charge in [0.1, 0.15) is 11.3 Å². The lowest BCUT2D eigenvalue weighted by Crippen LogP contribution is -2.32. The van der Waals surface area contributed by atoms with Crippen LogP contribution in [0.1, 0.15) is 27.7 Å². The Morgan fingerprint density at radius 2 is 2.05 bits per heavy atom. The summed E-state index contributed by atoms with van der Waals surface area (Å²) in [6, 6.07) is 10.1. The number of hydrogen-bond acceptors (Lipinski definition) is 4. The topological polar surface area (TPSA) is 91.4 Å². The summed E-state index contributed by atoms with van der Waals surface area (Å²) in [6.07, 6.45) is -0.926. The van der Waals surface area contributed by atoms with E-state index in [0.717, 1.165) is 0 Å². The SMILES string of the molecule is COc1ccccc1[C@H](O)CNC(=O)c1ccc(C)[nH]c1=O. The number of aryl methyl sites for hydroxylation is 1. The monoisotopic (exact) mass is 302 g/mol. The van der Waals surface area contributed by atoms with Crippen LogP contribution in [0.15, 0.2) is 41.2 Å². The van der Waals surface area contributed by atoms with E-state index in [1.165, 1.54) is 13.2 Å². The van der Waals surface area contributed by atoms with Crippen molar-refractivity contribution in [3.8, 4) is 5.75 Å². The zero-order valence-electron chi connectivity index (χ0n) is 12.4. The highest BCUT2D eigenvalue weighted by Gasteiger charge is 2.16. The number of hydrogen-bond donors (Lipinski definition) is 3. The molecule has 0 saturated carbocycles. The molecule has 0 spiro atoms. The van der Waals surface area contributed by atoms with Gasteiger partial charge in [-0.15, -0.1) is 0 Å². The second-order valence-corrected chi connectivity index (χ2v) is 4.85. The molecule has 1 aromatic carbocycles. The maximum atomic E-state index is 12.0. The van der Waals surface area contributed by atoms with E-state index < -0.39 is 17.6 Å². The molecule has 0 aliphatic rings. The van der Waals surface area contributed by atoms with Gasteiger partial charge in [-0.05, 0) is 25.1 Å². The van der Waals surface area contributed by atoms with Gasteiger partial charge in [0.2, 0.25) is 0 Å². The van der Waals surface area contributed by atoms with E-state index in [0.29, 0.717) is 17.0 Å². The third-order valence-corrected chi connectivity index (χ3v) is 3.25. The molecule has 3 N–H and O–H groups in total. The Labute approximate surface area is 127 Å². The highest BCUT2D eigenvalue weighted by molar-refractivity contribution is 5.93. The largest absolute Gasteiger partial charge is 0.496 e. The maximum absolute atomic E-state index is 12.0. The van der Waals surface area contributed by atoms with Crippen molar-refractivity contribution in [2.24, 2.45) is 0 Å². The number of carbonyl (C=O) groups excluding carboxylic acids is 1. The lowest BCUT2D eigenvalue weighted by atomic mass is 10.1. The van der Waals surface area contributed by atoms with Crippen molar-refractivity contribution in [2.75, 3.05) is 13.7 Å². The molecular formula is C16H18N2O4. The number of methoxy groups -OCH3 is 1. The minimum Gasteiger partial charge on any atom is -0.496 e. The van der Waals surface area contributed by atoms with Crippen LogP contribution in [0.2, 0.25) is 0 Å². The number of para-hydroxylation sites is 1. The highest BCUT2D eigenvalue weighted by atomic mass is 16.5. The molecular weight excluding hydrogens is 284 g/mol. The predicted octanol–water partition coefficient (Wildman–Crippen LogP) is 1.16. The smallest absolute Gasteiger partial charge is 0.260 e. The molecule has 0 radical (unpaired) electrons. The van der Waals surface area contributed by atoms with Crippen LogP contribution >= 0.6 is 0 Å². The van der Waals surface area contributed by atoms with Gasteiger partial charge in [0, 0.05) is 17.8 Å². The van der Waals surface area contributed by atoms with Crippen molar-refractivity contribution in [3.05, 3.63) is 63.6 Å². The van der Waals surface area contributed by atoms with Crippen LogP contribution in [0.25, 0.3) is 0 Å². The summed E-state index contributed by atoms with van der Waals surface area (Å²) in [7, 11) is 1.51. The number of aromatic nitrogens is 1. The van der Waals surface area contributed by atoms with Crippen LogP contribution in [0.5, 0.6) is 5.75 Å². The first-order valence-corrected chi connectivity index (χ1v) is 6.82. The highest BCUT2D eigenvalue weighted by Crippen LogP contribution is 2.23. The summed E-state index contributed by atoms with van der Waals surface area (Å²) in [5.74, 6) is 0.00706. The quantitative estimate of drug-likeness (QED) is 0.773. The number of ether oxygens (including phenoxy) is 1. The number of aromatic amines is 1. The number of pyridine rings is 1. The van der Waals surface area contributed by atoms with E-state index in [2.05, 4.69) is 10.3 Å². The lowest BCUT2D eigenvalue weighted by molar-refractivity contribution is 0.0913. The van der Waals surface area contributed by atoms with Gasteiger partial charge in [0.25, 0.3) is 11.5 Å². The molecule has 1 atom stereocenters. The summed E-state index contributed by atoms with van der Waals surface area (Å²) in [4.78, 5) is 26.2. The molecule has 6 heteroatoms. The third-order valence-electron chi connectivity index (χ3n) is 3.25. The van der Waals surface area contributed by atoms with Crippen molar-refractivity contribution < 1.29 is 14.6 Å². The van der Waals surface area contributed by atoms with Crippen molar-refractivity contribution in [1.29, 1.82) is 0 Å². The van der Waals surface area contributed by atoms with E-state index in [1.54, 1.807) is 37.3 Å². The number of nitrogens with one attached hydrogen (secondary N) is 2. The van der Waals surface area contributed by atoms with Crippen LogP contribution in [-0.2, 0) is 0 Å². The average Bonchev–Trinajstić information content (AvgIpc) is 2.52. The van der Waals surface area contributed by atoms with Gasteiger partial charge in [-0.25, -0.2) is 0 Å². The van der Waals surface area contributed by atoms with E-state index in [1.807, 2.05) is 0 Å². The van der Waals surface area contributed by atoms with Crippen LogP contribution < -0.4 is 15.6 Å². The standard InChI is InChI=1S/C16H18N2O4/c1-10-7-8-12(16(21)18-10)15(20)17-9-13(19)11-5-3-4-6-14(11)22-2/h3-8,13,19H,9H2,1-2H3,(H,17,20)(H,18,21)/t13-/m1/s1. The Hall–Kier alpha value is -2.60. The average molecular weight is 302 g/mol. The van der Waals surface area contributed by atoms with Crippen LogP contribution in [-0.4, -0.2) is 29.7 Å². The first-order chi connectivity index (χ1) is 10.5. The molecule has 1 amide bonds. The molecule has 1 heterocycles. The fourth-order valence-electron chi connectivity index (χ4n) is 2.09. The van der Waals surface area contributed by atoms with Crippen molar-refractivity contribution in [2.45, 2.75) is 13.0 Å². The minimum atomic E-state index is -0.926. The first-order valence-electron chi connectivity index (χ1n) is 6.82. The molecule has 0 saturated heterocycles. The number of amides is 1. The molecule has 0 aliphatic carbocycles. The van der Waals surface area contributed by atoms with E-state index in [9.17, 15) is 14.7 Å². The normalized spacial score (nSPS) is 11.8. The predicted molar refractivity (Wildman–Crippen MR) is 82.1 cm³/mol. The number of carbonyl (C=O) groups is 1. The second-order valence-electron chi connectivity index (χ2n) is 4.85. The molecule has 2 aromatic rings. The molecule has 1 aromatic heterocycles. The number of aliphatic hydroxyl groups excluding tert-OH is 1. The van der Waals surface area contributed by atoms with Gasteiger partial charge in [-0.1, -0.05) is 18.2 Å². The zero-order chi connectivity index (χ0) is 16.1. The summed E-state index contributed by atoms with van der Waals surface area (Å²) in [5.41, 5.74) is 0.806. The van der Waals surface area contributed by atoms with Crippen LogP contribution in [0, 0.1) is 6.92 Å². The van der Waals surface area contributed by atoms with Gasteiger partial charge < -0.3 is 20.1 Å². The molecule has 0 fully saturated rings. The summed E-state index contributed by atoms with van der Waals surface area (Å²) in [6.45, 7) is 1.71. The van der Waals surface area contributed by atoms with Gasteiger partial charge in [-0.2, -0.15) is 0 Å². The van der Waals surface area contributed by atoms with E-state index in [-0.39, 0.29) is 12.1 Å². The molecule has 22 heavy (non-hydrogen) atoms. The van der Waals surface area contributed by atoms with Gasteiger partial charge in [0.15, 0.2) is 0 Å². The fourth-order valence-corrected chi connectivity index (χ4v) is 2.09. The van der Waals surface area contributed by atoms with Crippen LogP contribution in [0.3, 0.4) is 0 Å². The number of aliphatic hydroxyl groups is 1. The fraction of sp³-hybridized carbons (Fsp3) is 0.250. The summed E-state index contributed by atoms with van der Waals surface area (Å²) >= 11 is 0. The van der Waals surface area contributed by atoms with Crippen molar-refractivity contribution in [3.63, 3.8) is 0 Å². The maximum Gasteiger partial charge on any atom is 0.260 e. The third kappa shape index (κ3) is 3.53. The Morgan fingerprint density at radius 1 is 1.32 bits per heavy atom. The van der Waals surface area contributed by atoms with E-state index in [4.69, 9.17) is 4.74 Å². The van der Waals surface area contributed by atoms with Gasteiger partial charge in [-0.3, -0.25) is 9.59 Å². The Morgan fingerprint density at radius 3 is 2.73 bits per heavy atom. The van der Waals surface area contributed by atoms with Crippen LogP contribution in [0.4, 0.5) is 0 Å². The molecule has 0 aliphatic heterocycles. The number of H-pyrrole nitrogens is 1. The minimum absolute atomic E-state index is 0.0119. The van der Waals surface area contributed by atoms with Crippen molar-refractivity contribution in [1.82, 2.24) is 10.3 Å². The number of benzene rings is 1. The molecule has 0 unspecified atom stereocenters.